The highest BCUT2D eigenvalue weighted by atomic mass is 16.5. The van der Waals surface area contributed by atoms with Gasteiger partial charge in [0.25, 0.3) is 5.91 Å². The number of hydrogen-bond acceptors (Lipinski definition) is 3. The molecule has 122 valence electrons. The van der Waals surface area contributed by atoms with E-state index in [1.54, 1.807) is 14.0 Å². The molecule has 0 aromatic heterocycles. The minimum Gasteiger partial charge on any atom is -0.497 e. The number of methoxy groups -OCH3 is 1. The molecule has 0 bridgehead atoms. The van der Waals surface area contributed by atoms with Crippen LogP contribution in [-0.2, 0) is 11.3 Å². The van der Waals surface area contributed by atoms with Gasteiger partial charge in [-0.05, 0) is 61.7 Å². The van der Waals surface area contributed by atoms with Crippen LogP contribution in [0.15, 0.2) is 42.5 Å². The Balaban J connectivity index is 1.91. The first-order valence-electron chi connectivity index (χ1n) is 7.63. The number of benzene rings is 2. The van der Waals surface area contributed by atoms with Crippen LogP contribution < -0.4 is 14.8 Å². The molecule has 0 aliphatic rings. The predicted molar refractivity (Wildman–Crippen MR) is 90.8 cm³/mol. The molecule has 1 unspecified atom stereocenters. The maximum Gasteiger partial charge on any atom is 0.261 e. The third-order valence-corrected chi connectivity index (χ3v) is 3.48. The van der Waals surface area contributed by atoms with E-state index in [0.717, 1.165) is 22.4 Å². The summed E-state index contributed by atoms with van der Waals surface area (Å²) in [5.41, 5.74) is 3.21. The van der Waals surface area contributed by atoms with Gasteiger partial charge >= 0.3 is 0 Å². The van der Waals surface area contributed by atoms with Crippen LogP contribution in [0.3, 0.4) is 0 Å². The van der Waals surface area contributed by atoms with Crippen molar-refractivity contribution in [3.05, 3.63) is 59.2 Å². The number of carbonyl (C=O) groups is 1. The zero-order valence-electron chi connectivity index (χ0n) is 14.1. The third kappa shape index (κ3) is 5.02. The minimum absolute atomic E-state index is 0.146. The van der Waals surface area contributed by atoms with Crippen LogP contribution in [0.5, 0.6) is 11.5 Å². The van der Waals surface area contributed by atoms with Gasteiger partial charge in [0.2, 0.25) is 0 Å². The molecule has 0 aliphatic carbocycles. The molecule has 0 radical (unpaired) electrons. The number of hydrogen-bond donors (Lipinski definition) is 1. The largest absolute Gasteiger partial charge is 0.497 e. The molecule has 23 heavy (non-hydrogen) atoms. The van der Waals surface area contributed by atoms with Crippen LogP contribution in [0, 0.1) is 13.8 Å². The van der Waals surface area contributed by atoms with Gasteiger partial charge in [0.1, 0.15) is 11.5 Å². The summed E-state index contributed by atoms with van der Waals surface area (Å²) in [5, 5.41) is 2.88. The summed E-state index contributed by atoms with van der Waals surface area (Å²) >= 11 is 0. The highest BCUT2D eigenvalue weighted by Crippen LogP contribution is 2.18. The summed E-state index contributed by atoms with van der Waals surface area (Å²) < 4.78 is 10.9. The van der Waals surface area contributed by atoms with Gasteiger partial charge in [0, 0.05) is 6.54 Å². The lowest BCUT2D eigenvalue weighted by Gasteiger charge is -2.16. The average molecular weight is 313 g/mol. The van der Waals surface area contributed by atoms with E-state index in [4.69, 9.17) is 9.47 Å². The number of ether oxygens (including phenoxy) is 2. The smallest absolute Gasteiger partial charge is 0.261 e. The van der Waals surface area contributed by atoms with Gasteiger partial charge in [0.05, 0.1) is 7.11 Å². The Morgan fingerprint density at radius 1 is 1.09 bits per heavy atom. The lowest BCUT2D eigenvalue weighted by Crippen LogP contribution is -2.35. The molecule has 1 atom stereocenters. The minimum atomic E-state index is -0.554. The standard InChI is InChI=1S/C19H23NO3/c1-13-8-14(2)10-18(9-13)23-15(3)19(21)20-12-16-6-5-7-17(11-16)22-4/h5-11,15H,12H2,1-4H3,(H,20,21). The second-order valence-electron chi connectivity index (χ2n) is 5.65. The van der Waals surface area contributed by atoms with Crippen molar-refractivity contribution in [3.8, 4) is 11.5 Å². The Bertz CT molecular complexity index is 662. The van der Waals surface area contributed by atoms with Crippen LogP contribution in [0.1, 0.15) is 23.6 Å². The molecule has 1 amide bonds. The van der Waals surface area contributed by atoms with E-state index < -0.39 is 6.10 Å². The van der Waals surface area contributed by atoms with Crippen molar-refractivity contribution in [2.24, 2.45) is 0 Å². The quantitative estimate of drug-likeness (QED) is 0.889. The molecule has 2 aromatic carbocycles. The number of carbonyl (C=O) groups excluding carboxylic acids is 1. The molecule has 0 fully saturated rings. The number of nitrogens with one attached hydrogen (secondary N) is 1. The van der Waals surface area contributed by atoms with Crippen molar-refractivity contribution >= 4 is 5.91 Å². The topological polar surface area (TPSA) is 47.6 Å². The summed E-state index contributed by atoms with van der Waals surface area (Å²) in [7, 11) is 1.62. The van der Waals surface area contributed by atoms with Crippen LogP contribution in [0.4, 0.5) is 0 Å². The first-order chi connectivity index (χ1) is 11.0. The monoisotopic (exact) mass is 313 g/mol. The highest BCUT2D eigenvalue weighted by molar-refractivity contribution is 5.80. The summed E-state index contributed by atoms with van der Waals surface area (Å²) in [6.07, 6.45) is -0.554. The Labute approximate surface area is 137 Å². The Morgan fingerprint density at radius 2 is 1.78 bits per heavy atom. The normalized spacial score (nSPS) is 11.7. The number of aryl methyl sites for hydroxylation is 2. The summed E-state index contributed by atoms with van der Waals surface area (Å²) in [4.78, 5) is 12.2. The second-order valence-corrected chi connectivity index (χ2v) is 5.65. The van der Waals surface area contributed by atoms with Crippen molar-refractivity contribution in [1.82, 2.24) is 5.32 Å². The predicted octanol–water partition coefficient (Wildman–Crippen LogP) is 3.40. The molecule has 0 saturated heterocycles. The van der Waals surface area contributed by atoms with Gasteiger partial charge in [-0.2, -0.15) is 0 Å². The van der Waals surface area contributed by atoms with Gasteiger partial charge in [-0.3, -0.25) is 4.79 Å². The zero-order valence-corrected chi connectivity index (χ0v) is 14.1. The maximum atomic E-state index is 12.2. The van der Waals surface area contributed by atoms with Crippen molar-refractivity contribution in [1.29, 1.82) is 0 Å². The zero-order chi connectivity index (χ0) is 16.8. The fourth-order valence-corrected chi connectivity index (χ4v) is 2.37. The SMILES string of the molecule is COc1cccc(CNC(=O)C(C)Oc2cc(C)cc(C)c2)c1. The van der Waals surface area contributed by atoms with Gasteiger partial charge < -0.3 is 14.8 Å². The van der Waals surface area contributed by atoms with E-state index in [1.807, 2.05) is 50.2 Å². The van der Waals surface area contributed by atoms with E-state index >= 15 is 0 Å². The van der Waals surface area contributed by atoms with Crippen molar-refractivity contribution in [2.75, 3.05) is 7.11 Å². The summed E-state index contributed by atoms with van der Waals surface area (Å²) in [6, 6.07) is 13.5. The van der Waals surface area contributed by atoms with Crippen molar-refractivity contribution in [3.63, 3.8) is 0 Å². The molecule has 0 aliphatic heterocycles. The molecule has 0 spiro atoms. The molecule has 1 N–H and O–H groups in total. The van der Waals surface area contributed by atoms with E-state index in [-0.39, 0.29) is 5.91 Å². The molecule has 0 heterocycles. The summed E-state index contributed by atoms with van der Waals surface area (Å²) in [5.74, 6) is 1.34. The molecule has 4 nitrogen and oxygen atoms in total. The van der Waals surface area contributed by atoms with Gasteiger partial charge in [-0.25, -0.2) is 0 Å². The fraction of sp³-hybridized carbons (Fsp3) is 0.316. The average Bonchev–Trinajstić information content (AvgIpc) is 2.51. The summed E-state index contributed by atoms with van der Waals surface area (Å²) in [6.45, 7) is 6.20. The fourth-order valence-electron chi connectivity index (χ4n) is 2.37. The number of rotatable bonds is 6. The van der Waals surface area contributed by atoms with Crippen LogP contribution >= 0.6 is 0 Å². The molecule has 2 aromatic rings. The van der Waals surface area contributed by atoms with E-state index in [2.05, 4.69) is 11.4 Å². The van der Waals surface area contributed by atoms with E-state index in [1.165, 1.54) is 0 Å². The molecule has 0 saturated carbocycles. The van der Waals surface area contributed by atoms with Gasteiger partial charge in [-0.15, -0.1) is 0 Å². The second kappa shape index (κ2) is 7.68. The van der Waals surface area contributed by atoms with Crippen molar-refractivity contribution < 1.29 is 14.3 Å². The molecule has 4 heteroatoms. The molecular formula is C19H23NO3. The molecular weight excluding hydrogens is 290 g/mol. The van der Waals surface area contributed by atoms with Gasteiger partial charge in [0.15, 0.2) is 6.10 Å². The maximum absolute atomic E-state index is 12.2. The Kier molecular flexibility index (Phi) is 5.63. The first kappa shape index (κ1) is 16.9. The van der Waals surface area contributed by atoms with Crippen LogP contribution in [0.2, 0.25) is 0 Å². The van der Waals surface area contributed by atoms with Crippen molar-refractivity contribution in [2.45, 2.75) is 33.4 Å². The third-order valence-electron chi connectivity index (χ3n) is 3.48. The Hall–Kier alpha value is -2.49. The van der Waals surface area contributed by atoms with Crippen LogP contribution in [0.25, 0.3) is 0 Å². The van der Waals surface area contributed by atoms with Crippen LogP contribution in [-0.4, -0.2) is 19.1 Å². The highest BCUT2D eigenvalue weighted by Gasteiger charge is 2.14. The molecule has 2 rings (SSSR count). The van der Waals surface area contributed by atoms with E-state index in [9.17, 15) is 4.79 Å². The lowest BCUT2D eigenvalue weighted by atomic mass is 10.1. The number of amides is 1. The lowest BCUT2D eigenvalue weighted by molar-refractivity contribution is -0.127. The Morgan fingerprint density at radius 3 is 2.43 bits per heavy atom. The van der Waals surface area contributed by atoms with E-state index in [0.29, 0.717) is 12.3 Å². The first-order valence-corrected chi connectivity index (χ1v) is 7.63. The van der Waals surface area contributed by atoms with Gasteiger partial charge in [-0.1, -0.05) is 18.2 Å².